The third kappa shape index (κ3) is 8.40. The number of fused-ring (bicyclic) bond motifs is 5. The van der Waals surface area contributed by atoms with Gasteiger partial charge in [0.15, 0.2) is 12.6 Å². The fraction of sp³-hybridized carbons (Fsp3) is 0.949. The summed E-state index contributed by atoms with van der Waals surface area (Å²) in [7, 11) is -3.81. The fourth-order valence-electron chi connectivity index (χ4n) is 12.2. The highest BCUT2D eigenvalue weighted by molar-refractivity contribution is 7.80. The summed E-state index contributed by atoms with van der Waals surface area (Å²) >= 11 is 0. The van der Waals surface area contributed by atoms with E-state index >= 15 is 0 Å². The van der Waals surface area contributed by atoms with Gasteiger partial charge in [-0.25, -0.2) is 4.18 Å². The van der Waals surface area contributed by atoms with Gasteiger partial charge in [0.05, 0.1) is 43.7 Å². The molecule has 2 heterocycles. The zero-order valence-corrected chi connectivity index (χ0v) is 34.1. The molecule has 17 heteroatoms. The largest absolute Gasteiger partial charge is 0.397 e. The van der Waals surface area contributed by atoms with Crippen LogP contribution in [0.15, 0.2) is 12.2 Å². The summed E-state index contributed by atoms with van der Waals surface area (Å²) in [6, 6.07) is 0. The molecule has 0 radical (unpaired) electrons. The van der Waals surface area contributed by atoms with Crippen LogP contribution in [0.4, 0.5) is 0 Å². The summed E-state index contributed by atoms with van der Waals surface area (Å²) < 4.78 is 66.3. The smallest absolute Gasteiger partial charge is 0.393 e. The molecule has 2 saturated heterocycles. The van der Waals surface area contributed by atoms with Crippen molar-refractivity contribution in [2.45, 2.75) is 159 Å². The Morgan fingerprint density at radius 2 is 1.54 bits per heavy atom. The van der Waals surface area contributed by atoms with E-state index in [0.717, 1.165) is 31.3 Å². The van der Waals surface area contributed by atoms with E-state index in [2.05, 4.69) is 27.4 Å². The minimum absolute atomic E-state index is 0.0441. The first-order valence-electron chi connectivity index (χ1n) is 20.3. The van der Waals surface area contributed by atoms with Crippen LogP contribution in [-0.4, -0.2) is 149 Å². The lowest BCUT2D eigenvalue weighted by atomic mass is 9.42. The number of hydrogen-bond donors (Lipinski definition) is 8. The van der Waals surface area contributed by atoms with Gasteiger partial charge in [0.25, 0.3) is 0 Å². The fourth-order valence-corrected chi connectivity index (χ4v) is 12.7. The highest BCUT2D eigenvalue weighted by atomic mass is 32.3. The molecule has 2 aliphatic heterocycles. The van der Waals surface area contributed by atoms with E-state index in [9.17, 15) is 48.7 Å². The van der Waals surface area contributed by atoms with Gasteiger partial charge in [-0.2, -0.15) is 8.42 Å². The Hall–Kier alpha value is -0.870. The zero-order chi connectivity index (χ0) is 41.1. The van der Waals surface area contributed by atoms with Crippen LogP contribution in [0.2, 0.25) is 0 Å². The maximum atomic E-state index is 12.6. The third-order valence-electron chi connectivity index (χ3n) is 15.2. The Morgan fingerprint density at radius 1 is 0.875 bits per heavy atom. The van der Waals surface area contributed by atoms with E-state index in [-0.39, 0.29) is 66.0 Å². The number of ether oxygens (including phenoxy) is 5. The standard InChI is InChI=1S/C39H66O16S/c1-19(21(3)16-51-35-33(31(28(44)18-52-35)55-56(47,48)49)54-36-32(50-6)30(45)27(43)17-53-36)7-8-20(2)23-14-25(41)34-38(23,5)12-10-29-37(4)11-9-22(40)13-24(37)26(42)15-39(29,34)46/h20-36,40-46H,1,7-18H2,2-6H3,(H,47,48,49)/t20-,21+,22+,23-,24-,25-,26+,27-,28+,29-,30+,31-,32-,33+,34-,35-,36+,37+,38-,39+/m1/s1. The molecule has 0 bridgehead atoms. The second-order valence-corrected chi connectivity index (χ2v) is 19.6. The molecule has 324 valence electrons. The third-order valence-corrected chi connectivity index (χ3v) is 15.6. The van der Waals surface area contributed by atoms with Crippen molar-refractivity contribution in [3.8, 4) is 0 Å². The molecule has 0 aromatic heterocycles. The van der Waals surface area contributed by atoms with Crippen molar-refractivity contribution in [3.05, 3.63) is 12.2 Å². The van der Waals surface area contributed by atoms with Crippen LogP contribution in [0, 0.1) is 46.3 Å². The van der Waals surface area contributed by atoms with Crippen LogP contribution >= 0.6 is 0 Å². The Balaban J connectivity index is 1.08. The normalized spacial score (nSPS) is 49.3. The van der Waals surface area contributed by atoms with Gasteiger partial charge in [-0.05, 0) is 85.9 Å². The minimum atomic E-state index is -5.07. The number of aliphatic hydroxyl groups is 7. The van der Waals surface area contributed by atoms with E-state index in [0.29, 0.717) is 25.7 Å². The molecule has 20 atom stereocenters. The summed E-state index contributed by atoms with van der Waals surface area (Å²) in [4.78, 5) is 0. The average molecular weight is 823 g/mol. The van der Waals surface area contributed by atoms with E-state index in [1.165, 1.54) is 7.11 Å². The van der Waals surface area contributed by atoms with E-state index in [4.69, 9.17) is 27.9 Å². The highest BCUT2D eigenvalue weighted by Crippen LogP contribution is 2.69. The van der Waals surface area contributed by atoms with Crippen LogP contribution in [0.1, 0.15) is 85.5 Å². The molecular formula is C39H66O16S. The molecule has 0 aromatic carbocycles. The van der Waals surface area contributed by atoms with Crippen LogP contribution in [-0.2, 0) is 38.3 Å². The molecule has 6 aliphatic rings. The lowest BCUT2D eigenvalue weighted by Gasteiger charge is -2.66. The molecule has 6 fully saturated rings. The lowest BCUT2D eigenvalue weighted by Crippen LogP contribution is -2.68. The SMILES string of the molecule is C=C(CC[C@@H](C)[C@H]1C[C@@H](O)[C@@H]2[C@]1(C)CC[C@@H]1[C@@]3(C)CC[C@H](O)C[C@@H]3[C@@H](O)C[C@]12O)[C@@H](C)CO[C@@H]1OC[C@H](O)[C@@H](OS(=O)(=O)O)[C@@H]1O[C@@H]1OC[C@@H](O)[C@H](O)[C@H]1OC. The number of aliphatic hydroxyl groups excluding tert-OH is 6. The summed E-state index contributed by atoms with van der Waals surface area (Å²) in [6.45, 7) is 12.1. The van der Waals surface area contributed by atoms with Crippen molar-refractivity contribution >= 4 is 10.4 Å². The minimum Gasteiger partial charge on any atom is -0.393 e. The second-order valence-electron chi connectivity index (χ2n) is 18.5. The summed E-state index contributed by atoms with van der Waals surface area (Å²) in [5.41, 5.74) is -0.983. The molecular weight excluding hydrogens is 756 g/mol. The lowest BCUT2D eigenvalue weighted by molar-refractivity contribution is -0.343. The van der Waals surface area contributed by atoms with Gasteiger partial charge in [0.1, 0.15) is 36.6 Å². The molecule has 0 amide bonds. The maximum Gasteiger partial charge on any atom is 0.397 e. The zero-order valence-electron chi connectivity index (χ0n) is 33.3. The van der Waals surface area contributed by atoms with Crippen molar-refractivity contribution in [1.82, 2.24) is 0 Å². The van der Waals surface area contributed by atoms with Crippen LogP contribution in [0.3, 0.4) is 0 Å². The molecule has 56 heavy (non-hydrogen) atoms. The van der Waals surface area contributed by atoms with Gasteiger partial charge in [-0.1, -0.05) is 39.8 Å². The molecule has 4 aliphatic carbocycles. The Kier molecular flexibility index (Phi) is 13.5. The van der Waals surface area contributed by atoms with Crippen molar-refractivity contribution in [2.75, 3.05) is 26.9 Å². The topological polar surface area (TPSA) is 251 Å². The molecule has 0 unspecified atom stereocenters. The average Bonchev–Trinajstić information content (AvgIpc) is 3.40. The number of methoxy groups -OCH3 is 1. The van der Waals surface area contributed by atoms with Gasteiger partial charge < -0.3 is 59.4 Å². The predicted molar refractivity (Wildman–Crippen MR) is 198 cm³/mol. The van der Waals surface area contributed by atoms with Gasteiger partial charge >= 0.3 is 10.4 Å². The van der Waals surface area contributed by atoms with Crippen LogP contribution < -0.4 is 0 Å². The van der Waals surface area contributed by atoms with Gasteiger partial charge in [-0.15, -0.1) is 0 Å². The maximum absolute atomic E-state index is 12.6. The van der Waals surface area contributed by atoms with E-state index < -0.39 is 90.1 Å². The van der Waals surface area contributed by atoms with E-state index in [1.807, 2.05) is 6.92 Å². The summed E-state index contributed by atoms with van der Waals surface area (Å²) in [5.74, 6) is -0.450. The molecule has 8 N–H and O–H groups in total. The number of rotatable bonds is 13. The molecule has 16 nitrogen and oxygen atoms in total. The first-order valence-corrected chi connectivity index (χ1v) is 21.7. The van der Waals surface area contributed by atoms with Crippen molar-refractivity contribution in [3.63, 3.8) is 0 Å². The van der Waals surface area contributed by atoms with Crippen LogP contribution in [0.25, 0.3) is 0 Å². The number of hydrogen-bond acceptors (Lipinski definition) is 15. The molecule has 0 aromatic rings. The Labute approximate surface area is 330 Å². The molecule has 0 spiro atoms. The monoisotopic (exact) mass is 822 g/mol. The van der Waals surface area contributed by atoms with Gasteiger partial charge in [0.2, 0.25) is 0 Å². The Morgan fingerprint density at radius 3 is 2.21 bits per heavy atom. The van der Waals surface area contributed by atoms with Crippen molar-refractivity contribution in [2.24, 2.45) is 46.3 Å². The van der Waals surface area contributed by atoms with E-state index in [1.54, 1.807) is 0 Å². The molecule has 4 saturated carbocycles. The predicted octanol–water partition coefficient (Wildman–Crippen LogP) is 1.07. The summed E-state index contributed by atoms with van der Waals surface area (Å²) in [6.07, 6.45) is -7.46. The highest BCUT2D eigenvalue weighted by Gasteiger charge is 2.70. The first kappa shape index (κ1) is 44.7. The van der Waals surface area contributed by atoms with Crippen molar-refractivity contribution < 1.29 is 76.6 Å². The molecule has 6 rings (SSSR count). The summed E-state index contributed by atoms with van der Waals surface area (Å²) in [5, 5.41) is 77.3. The Bertz CT molecular complexity index is 1480. The van der Waals surface area contributed by atoms with Crippen LogP contribution in [0.5, 0.6) is 0 Å². The van der Waals surface area contributed by atoms with Gasteiger partial charge in [0, 0.05) is 25.4 Å². The second kappa shape index (κ2) is 16.9. The first-order chi connectivity index (χ1) is 26.1. The van der Waals surface area contributed by atoms with Crippen molar-refractivity contribution in [1.29, 1.82) is 0 Å². The van der Waals surface area contributed by atoms with Gasteiger partial charge in [-0.3, -0.25) is 4.55 Å². The quantitative estimate of drug-likeness (QED) is 0.0956.